The van der Waals surface area contributed by atoms with Gasteiger partial charge in [0.25, 0.3) is 0 Å². The molecule has 0 bridgehead atoms. The first-order chi connectivity index (χ1) is 8.93. The van der Waals surface area contributed by atoms with Crippen molar-refractivity contribution in [2.45, 2.75) is 70.6 Å². The van der Waals surface area contributed by atoms with Gasteiger partial charge in [0.2, 0.25) is 0 Å². The van der Waals surface area contributed by atoms with Crippen LogP contribution in [-0.4, -0.2) is 5.75 Å². The summed E-state index contributed by atoms with van der Waals surface area (Å²) in [5.74, 6) is 1.06. The van der Waals surface area contributed by atoms with Crippen molar-refractivity contribution in [3.05, 3.63) is 22.4 Å². The summed E-state index contributed by atoms with van der Waals surface area (Å²) in [5.41, 5.74) is 0. The lowest BCUT2D eigenvalue weighted by Gasteiger charge is -2.02. The number of rotatable bonds is 12. The summed E-state index contributed by atoms with van der Waals surface area (Å²) >= 11 is 6.13. The summed E-state index contributed by atoms with van der Waals surface area (Å²) < 4.78 is 0. The molecule has 0 atom stereocenters. The number of aryl methyl sites for hydroxylation is 1. The Bertz CT molecular complexity index is 254. The smallest absolute Gasteiger partial charge is 0.00452 e. The molecule has 0 nitrogen and oxygen atoms in total. The van der Waals surface area contributed by atoms with E-state index in [2.05, 4.69) is 30.1 Å². The molecule has 0 aliphatic heterocycles. The van der Waals surface area contributed by atoms with Crippen molar-refractivity contribution >= 4 is 24.0 Å². The van der Waals surface area contributed by atoms with Gasteiger partial charge in [-0.3, -0.25) is 0 Å². The van der Waals surface area contributed by atoms with Crippen LogP contribution in [0.2, 0.25) is 0 Å². The van der Waals surface area contributed by atoms with Gasteiger partial charge in [-0.15, -0.1) is 11.3 Å². The topological polar surface area (TPSA) is 0 Å². The number of hydrogen-bond donors (Lipinski definition) is 1. The molecule has 0 fully saturated rings. The van der Waals surface area contributed by atoms with Crippen molar-refractivity contribution in [2.24, 2.45) is 0 Å². The highest BCUT2D eigenvalue weighted by Gasteiger charge is 1.95. The maximum Gasteiger partial charge on any atom is 0.00452 e. The molecule has 0 saturated carbocycles. The summed E-state index contributed by atoms with van der Waals surface area (Å²) in [6.45, 7) is 0. The molecule has 1 rings (SSSR count). The zero-order chi connectivity index (χ0) is 12.9. The van der Waals surface area contributed by atoms with E-state index in [0.717, 1.165) is 5.75 Å². The van der Waals surface area contributed by atoms with Gasteiger partial charge in [-0.25, -0.2) is 0 Å². The first kappa shape index (κ1) is 16.1. The minimum atomic E-state index is 1.06. The van der Waals surface area contributed by atoms with E-state index in [1.165, 1.54) is 70.6 Å². The predicted octanol–water partition coefficient (Wildman–Crippen LogP) is 6.12. The summed E-state index contributed by atoms with van der Waals surface area (Å²) in [5, 5.41) is 2.18. The van der Waals surface area contributed by atoms with Crippen LogP contribution in [0, 0.1) is 0 Å². The molecular weight excluding hydrogens is 256 g/mol. The van der Waals surface area contributed by atoms with Gasteiger partial charge >= 0.3 is 0 Å². The van der Waals surface area contributed by atoms with E-state index >= 15 is 0 Å². The van der Waals surface area contributed by atoms with Crippen LogP contribution in [0.25, 0.3) is 0 Å². The Morgan fingerprint density at radius 2 is 1.33 bits per heavy atom. The standard InChI is InChI=1S/C16H28S2/c17-14-10-8-6-4-2-1-3-5-7-9-12-16-13-11-15-18-16/h11,13,15,17H,1-10,12,14H2. The highest BCUT2D eigenvalue weighted by atomic mass is 32.1. The Morgan fingerprint density at radius 1 is 0.778 bits per heavy atom. The minimum absolute atomic E-state index is 1.06. The largest absolute Gasteiger partial charge is 0.179 e. The molecule has 1 heterocycles. The molecule has 2 heteroatoms. The molecule has 0 saturated heterocycles. The Balaban J connectivity index is 1.73. The van der Waals surface area contributed by atoms with Crippen LogP contribution in [0.5, 0.6) is 0 Å². The Morgan fingerprint density at radius 3 is 1.83 bits per heavy atom. The van der Waals surface area contributed by atoms with Gasteiger partial charge in [-0.2, -0.15) is 12.6 Å². The number of hydrogen-bond acceptors (Lipinski definition) is 2. The molecule has 0 spiro atoms. The molecule has 0 aromatic carbocycles. The average Bonchev–Trinajstić information content (AvgIpc) is 2.89. The van der Waals surface area contributed by atoms with Gasteiger partial charge < -0.3 is 0 Å². The van der Waals surface area contributed by atoms with Gasteiger partial charge in [0.15, 0.2) is 0 Å². The van der Waals surface area contributed by atoms with Crippen molar-refractivity contribution in [1.29, 1.82) is 0 Å². The first-order valence-electron chi connectivity index (χ1n) is 7.56. The monoisotopic (exact) mass is 284 g/mol. The normalized spacial score (nSPS) is 10.9. The summed E-state index contributed by atoms with van der Waals surface area (Å²) in [6, 6.07) is 4.42. The Kier molecular flexibility index (Phi) is 10.8. The molecule has 0 aliphatic rings. The second-order valence-electron chi connectivity index (χ2n) is 5.09. The van der Waals surface area contributed by atoms with Crippen LogP contribution in [0.15, 0.2) is 17.5 Å². The third-order valence-corrected chi connectivity index (χ3v) is 4.66. The average molecular weight is 285 g/mol. The van der Waals surface area contributed by atoms with E-state index in [9.17, 15) is 0 Å². The third kappa shape index (κ3) is 9.04. The zero-order valence-electron chi connectivity index (χ0n) is 11.6. The van der Waals surface area contributed by atoms with Gasteiger partial charge in [0, 0.05) is 4.88 Å². The molecule has 1 aromatic heterocycles. The van der Waals surface area contributed by atoms with Gasteiger partial charge in [0.1, 0.15) is 0 Å². The fourth-order valence-electron chi connectivity index (χ4n) is 2.28. The Hall–Kier alpha value is 0.0500. The van der Waals surface area contributed by atoms with E-state index in [0.29, 0.717) is 0 Å². The van der Waals surface area contributed by atoms with E-state index < -0.39 is 0 Å². The van der Waals surface area contributed by atoms with Crippen molar-refractivity contribution < 1.29 is 0 Å². The van der Waals surface area contributed by atoms with Crippen LogP contribution in [0.1, 0.15) is 69.1 Å². The number of unbranched alkanes of at least 4 members (excludes halogenated alkanes) is 9. The Labute approximate surface area is 123 Å². The van der Waals surface area contributed by atoms with Gasteiger partial charge in [0.05, 0.1) is 0 Å². The van der Waals surface area contributed by atoms with Crippen molar-refractivity contribution in [1.82, 2.24) is 0 Å². The molecule has 0 N–H and O–H groups in total. The van der Waals surface area contributed by atoms with E-state index in [1.807, 2.05) is 11.3 Å². The second-order valence-corrected chi connectivity index (χ2v) is 6.57. The zero-order valence-corrected chi connectivity index (χ0v) is 13.3. The van der Waals surface area contributed by atoms with Crippen LogP contribution in [0.4, 0.5) is 0 Å². The molecule has 0 amide bonds. The van der Waals surface area contributed by atoms with E-state index in [-0.39, 0.29) is 0 Å². The summed E-state index contributed by atoms with van der Waals surface area (Å²) in [6.07, 6.45) is 15.4. The van der Waals surface area contributed by atoms with Crippen LogP contribution in [-0.2, 0) is 6.42 Å². The SMILES string of the molecule is SCCCCCCCCCCCCc1cccs1. The van der Waals surface area contributed by atoms with Crippen LogP contribution in [0.3, 0.4) is 0 Å². The molecule has 0 aliphatic carbocycles. The quantitative estimate of drug-likeness (QED) is 0.347. The van der Waals surface area contributed by atoms with Crippen molar-refractivity contribution in [3.63, 3.8) is 0 Å². The van der Waals surface area contributed by atoms with E-state index in [4.69, 9.17) is 0 Å². The predicted molar refractivity (Wildman–Crippen MR) is 88.0 cm³/mol. The number of thiol groups is 1. The van der Waals surface area contributed by atoms with Crippen LogP contribution < -0.4 is 0 Å². The van der Waals surface area contributed by atoms with Crippen LogP contribution >= 0.6 is 24.0 Å². The highest BCUT2D eigenvalue weighted by molar-refractivity contribution is 7.80. The van der Waals surface area contributed by atoms with E-state index in [1.54, 1.807) is 4.88 Å². The molecule has 0 unspecified atom stereocenters. The summed E-state index contributed by atoms with van der Waals surface area (Å²) in [4.78, 5) is 1.55. The molecule has 0 radical (unpaired) electrons. The second kappa shape index (κ2) is 12.1. The van der Waals surface area contributed by atoms with Crippen molar-refractivity contribution in [2.75, 3.05) is 5.75 Å². The lowest BCUT2D eigenvalue weighted by atomic mass is 10.1. The summed E-state index contributed by atoms with van der Waals surface area (Å²) in [7, 11) is 0. The van der Waals surface area contributed by atoms with Gasteiger partial charge in [-0.05, 0) is 36.5 Å². The molecule has 104 valence electrons. The van der Waals surface area contributed by atoms with Crippen molar-refractivity contribution in [3.8, 4) is 0 Å². The minimum Gasteiger partial charge on any atom is -0.179 e. The lowest BCUT2D eigenvalue weighted by Crippen LogP contribution is -1.84. The molecular formula is C16H28S2. The lowest BCUT2D eigenvalue weighted by molar-refractivity contribution is 0.557. The fourth-order valence-corrected chi connectivity index (χ4v) is 3.25. The van der Waals surface area contributed by atoms with Gasteiger partial charge in [-0.1, -0.05) is 57.4 Å². The first-order valence-corrected chi connectivity index (χ1v) is 9.08. The fraction of sp³-hybridized carbons (Fsp3) is 0.750. The number of thiophene rings is 1. The maximum absolute atomic E-state index is 4.23. The maximum atomic E-state index is 4.23. The highest BCUT2D eigenvalue weighted by Crippen LogP contribution is 2.15. The molecule has 1 aromatic rings. The molecule has 18 heavy (non-hydrogen) atoms. The third-order valence-electron chi connectivity index (χ3n) is 3.41.